The summed E-state index contributed by atoms with van der Waals surface area (Å²) in [5.74, 6) is 0.667. The molecule has 2 amide bonds. The maximum Gasteiger partial charge on any atom is 0.242 e. The van der Waals surface area contributed by atoms with E-state index in [-0.39, 0.29) is 30.5 Å². The van der Waals surface area contributed by atoms with Crippen LogP contribution in [0.15, 0.2) is 29.6 Å². The third-order valence-corrected chi connectivity index (χ3v) is 9.47. The lowest BCUT2D eigenvalue weighted by Gasteiger charge is -2.38. The second kappa shape index (κ2) is 11.8. The van der Waals surface area contributed by atoms with E-state index in [1.165, 1.54) is 30.6 Å². The van der Waals surface area contributed by atoms with Crippen molar-refractivity contribution in [3.63, 3.8) is 0 Å². The Bertz CT molecular complexity index is 1080. The molecule has 2 aromatic rings. The first kappa shape index (κ1) is 26.0. The Morgan fingerprint density at radius 2 is 1.92 bits per heavy atom. The Balaban J connectivity index is 1.35. The molecule has 3 aliphatic rings. The Hall–Kier alpha value is -1.60. The number of benzene rings is 1. The molecule has 1 saturated carbocycles. The van der Waals surface area contributed by atoms with Crippen LogP contribution in [0.5, 0.6) is 0 Å². The van der Waals surface area contributed by atoms with Gasteiger partial charge in [0, 0.05) is 41.0 Å². The second-order valence-corrected chi connectivity index (χ2v) is 12.1. The highest BCUT2D eigenvalue weighted by Crippen LogP contribution is 2.41. The summed E-state index contributed by atoms with van der Waals surface area (Å²) in [7, 11) is 0. The van der Waals surface area contributed by atoms with Crippen molar-refractivity contribution in [1.82, 2.24) is 9.80 Å². The molecular formula is C28H34Cl2N2O3S. The number of halogens is 2. The van der Waals surface area contributed by atoms with Crippen LogP contribution >= 0.6 is 34.5 Å². The second-order valence-electron chi connectivity index (χ2n) is 10.3. The van der Waals surface area contributed by atoms with Gasteiger partial charge in [0.15, 0.2) is 0 Å². The van der Waals surface area contributed by atoms with Crippen LogP contribution in [0, 0.1) is 5.92 Å². The van der Waals surface area contributed by atoms with Crippen molar-refractivity contribution in [2.24, 2.45) is 5.92 Å². The lowest BCUT2D eigenvalue weighted by molar-refractivity contribution is -0.143. The highest BCUT2D eigenvalue weighted by Gasteiger charge is 2.35. The van der Waals surface area contributed by atoms with Gasteiger partial charge < -0.3 is 14.5 Å². The average Bonchev–Trinajstić information content (AvgIpc) is 3.65. The van der Waals surface area contributed by atoms with Gasteiger partial charge in [-0.1, -0.05) is 55.0 Å². The number of ether oxygens (including phenoxy) is 1. The standard InChI is InChI=1S/C28H34Cl2N2O3S/c29-20-8-9-22(24(30)16-20)28-23-12-15-36-25(23)11-13-32(28)27(34)18-31(17-21-6-3-14-35-21)26(33)10-7-19-4-1-2-5-19/h8-9,12,15-16,19,21,28H,1-7,10-11,13-14,17-18H2. The van der Waals surface area contributed by atoms with E-state index in [1.807, 2.05) is 17.0 Å². The van der Waals surface area contributed by atoms with Crippen molar-refractivity contribution in [2.75, 3.05) is 26.2 Å². The largest absolute Gasteiger partial charge is 0.376 e. The van der Waals surface area contributed by atoms with Crippen LogP contribution in [0.4, 0.5) is 0 Å². The normalized spacial score (nSPS) is 22.1. The Labute approximate surface area is 227 Å². The van der Waals surface area contributed by atoms with Crippen molar-refractivity contribution >= 4 is 46.4 Å². The molecule has 2 fully saturated rings. The van der Waals surface area contributed by atoms with Gasteiger partial charge in [-0.05, 0) is 66.3 Å². The highest BCUT2D eigenvalue weighted by molar-refractivity contribution is 7.10. The zero-order valence-corrected chi connectivity index (χ0v) is 22.9. The predicted molar refractivity (Wildman–Crippen MR) is 145 cm³/mol. The maximum absolute atomic E-state index is 13.9. The summed E-state index contributed by atoms with van der Waals surface area (Å²) in [6.07, 6.45) is 9.17. The molecule has 0 N–H and O–H groups in total. The molecule has 1 aromatic heterocycles. The minimum atomic E-state index is -0.282. The summed E-state index contributed by atoms with van der Waals surface area (Å²) in [4.78, 5) is 32.2. The molecule has 8 heteroatoms. The molecule has 0 radical (unpaired) electrons. The number of thiophene rings is 1. The van der Waals surface area contributed by atoms with Crippen LogP contribution in [0.2, 0.25) is 10.0 Å². The third kappa shape index (κ3) is 5.93. The van der Waals surface area contributed by atoms with E-state index < -0.39 is 0 Å². The molecule has 1 aromatic carbocycles. The number of carbonyl (C=O) groups excluding carboxylic acids is 2. The third-order valence-electron chi connectivity index (χ3n) is 7.91. The Morgan fingerprint density at radius 1 is 1.08 bits per heavy atom. The summed E-state index contributed by atoms with van der Waals surface area (Å²) in [6, 6.07) is 7.28. The van der Waals surface area contributed by atoms with Crippen LogP contribution in [-0.4, -0.2) is 54.0 Å². The van der Waals surface area contributed by atoms with Gasteiger partial charge in [-0.3, -0.25) is 9.59 Å². The molecule has 1 aliphatic carbocycles. The number of fused-ring (bicyclic) bond motifs is 1. The Kier molecular flexibility index (Phi) is 8.56. The quantitative estimate of drug-likeness (QED) is 0.378. The first-order valence-corrected chi connectivity index (χ1v) is 14.8. The van der Waals surface area contributed by atoms with Crippen LogP contribution in [0.25, 0.3) is 0 Å². The van der Waals surface area contributed by atoms with Crippen molar-refractivity contribution in [3.8, 4) is 0 Å². The van der Waals surface area contributed by atoms with Crippen molar-refractivity contribution in [3.05, 3.63) is 55.7 Å². The van der Waals surface area contributed by atoms with Crippen LogP contribution in [0.3, 0.4) is 0 Å². The van der Waals surface area contributed by atoms with Crippen LogP contribution < -0.4 is 0 Å². The fraction of sp³-hybridized carbons (Fsp3) is 0.571. The van der Waals surface area contributed by atoms with Gasteiger partial charge in [0.05, 0.1) is 18.7 Å². The molecule has 3 heterocycles. The van der Waals surface area contributed by atoms with Crippen molar-refractivity contribution < 1.29 is 14.3 Å². The zero-order chi connectivity index (χ0) is 25.1. The van der Waals surface area contributed by atoms with Gasteiger partial charge in [0.25, 0.3) is 0 Å². The minimum Gasteiger partial charge on any atom is -0.376 e. The molecule has 2 atom stereocenters. The lowest BCUT2D eigenvalue weighted by Crippen LogP contribution is -2.48. The van der Waals surface area contributed by atoms with Gasteiger partial charge in [0.1, 0.15) is 0 Å². The van der Waals surface area contributed by atoms with E-state index in [2.05, 4.69) is 11.4 Å². The highest BCUT2D eigenvalue weighted by atomic mass is 35.5. The van der Waals surface area contributed by atoms with Crippen LogP contribution in [0.1, 0.15) is 73.4 Å². The molecule has 2 unspecified atom stereocenters. The van der Waals surface area contributed by atoms with E-state index in [0.29, 0.717) is 35.5 Å². The van der Waals surface area contributed by atoms with E-state index >= 15 is 0 Å². The smallest absolute Gasteiger partial charge is 0.242 e. The molecular weight excluding hydrogens is 515 g/mol. The SMILES string of the molecule is O=C(CCC1CCCC1)N(CC(=O)N1CCc2sccc2C1c1ccc(Cl)cc1Cl)CC1CCCO1. The summed E-state index contributed by atoms with van der Waals surface area (Å²) < 4.78 is 5.84. The maximum atomic E-state index is 13.9. The van der Waals surface area contributed by atoms with E-state index in [1.54, 1.807) is 22.3 Å². The van der Waals surface area contributed by atoms with E-state index in [9.17, 15) is 9.59 Å². The zero-order valence-electron chi connectivity index (χ0n) is 20.6. The molecule has 2 aliphatic heterocycles. The van der Waals surface area contributed by atoms with Gasteiger partial charge in [-0.25, -0.2) is 0 Å². The van der Waals surface area contributed by atoms with Gasteiger partial charge in [-0.2, -0.15) is 0 Å². The van der Waals surface area contributed by atoms with Crippen molar-refractivity contribution in [2.45, 2.75) is 69.9 Å². The van der Waals surface area contributed by atoms with Gasteiger partial charge >= 0.3 is 0 Å². The number of rotatable bonds is 8. The number of hydrogen-bond acceptors (Lipinski definition) is 4. The first-order valence-electron chi connectivity index (χ1n) is 13.2. The summed E-state index contributed by atoms with van der Waals surface area (Å²) in [5, 5.41) is 3.19. The lowest BCUT2D eigenvalue weighted by atomic mass is 9.93. The number of hydrogen-bond donors (Lipinski definition) is 0. The average molecular weight is 550 g/mol. The number of nitrogens with zero attached hydrogens (tertiary/aromatic N) is 2. The predicted octanol–water partition coefficient (Wildman–Crippen LogP) is 6.51. The fourth-order valence-corrected chi connectivity index (χ4v) is 7.39. The fourth-order valence-electron chi connectivity index (χ4n) is 5.97. The molecule has 36 heavy (non-hydrogen) atoms. The van der Waals surface area contributed by atoms with E-state index in [0.717, 1.165) is 43.4 Å². The molecule has 0 bridgehead atoms. The molecule has 5 nitrogen and oxygen atoms in total. The molecule has 5 rings (SSSR count). The summed E-state index contributed by atoms with van der Waals surface area (Å²) >= 11 is 14.5. The van der Waals surface area contributed by atoms with Gasteiger partial charge in [-0.15, -0.1) is 11.3 Å². The number of carbonyl (C=O) groups is 2. The Morgan fingerprint density at radius 3 is 2.67 bits per heavy atom. The molecule has 1 saturated heterocycles. The monoisotopic (exact) mass is 548 g/mol. The topological polar surface area (TPSA) is 49.9 Å². The van der Waals surface area contributed by atoms with E-state index in [4.69, 9.17) is 27.9 Å². The van der Waals surface area contributed by atoms with Crippen LogP contribution in [-0.2, 0) is 20.7 Å². The summed E-state index contributed by atoms with van der Waals surface area (Å²) in [6.45, 7) is 1.89. The molecule has 0 spiro atoms. The van der Waals surface area contributed by atoms with Gasteiger partial charge in [0.2, 0.25) is 11.8 Å². The minimum absolute atomic E-state index is 0.0135. The molecule has 194 valence electrons. The summed E-state index contributed by atoms with van der Waals surface area (Å²) in [5.41, 5.74) is 1.98. The van der Waals surface area contributed by atoms with Crippen molar-refractivity contribution in [1.29, 1.82) is 0 Å². The first-order chi connectivity index (χ1) is 17.5. The number of amides is 2.